The number of halogens is 1. The Labute approximate surface area is 86.9 Å². The first-order valence-electron chi connectivity index (χ1n) is 4.58. The topological polar surface area (TPSA) is 20.2 Å². The Hall–Kier alpha value is -0.340. The summed E-state index contributed by atoms with van der Waals surface area (Å²) in [7, 11) is 0. The van der Waals surface area contributed by atoms with Crippen LogP contribution in [0.2, 0.25) is 0 Å². The number of aliphatic hydroxyl groups is 1. The van der Waals surface area contributed by atoms with Gasteiger partial charge in [0.05, 0.1) is 5.60 Å². The van der Waals surface area contributed by atoms with Crippen LogP contribution in [0.1, 0.15) is 25.3 Å². The van der Waals surface area contributed by atoms with Gasteiger partial charge in [0.2, 0.25) is 0 Å². The third kappa shape index (κ3) is 1.65. The second kappa shape index (κ2) is 3.10. The van der Waals surface area contributed by atoms with Crippen molar-refractivity contribution in [2.45, 2.75) is 25.4 Å². The molecule has 1 aliphatic rings. The first-order chi connectivity index (χ1) is 6.10. The highest BCUT2D eigenvalue weighted by Gasteiger charge is 2.41. The molecule has 0 radical (unpaired) electrons. The molecule has 0 aliphatic heterocycles. The van der Waals surface area contributed by atoms with E-state index in [1.54, 1.807) is 0 Å². The molecular formula is C11H13BrO. The van der Waals surface area contributed by atoms with Gasteiger partial charge in [0.1, 0.15) is 0 Å². The van der Waals surface area contributed by atoms with Crippen molar-refractivity contribution in [2.24, 2.45) is 5.92 Å². The van der Waals surface area contributed by atoms with Crippen LogP contribution in [-0.4, -0.2) is 5.11 Å². The second-order valence-electron chi connectivity index (χ2n) is 4.06. The fourth-order valence-electron chi connectivity index (χ4n) is 2.11. The van der Waals surface area contributed by atoms with Crippen molar-refractivity contribution >= 4 is 15.9 Å². The molecule has 2 heteroatoms. The van der Waals surface area contributed by atoms with E-state index in [0.717, 1.165) is 22.9 Å². The number of hydrogen-bond donors (Lipinski definition) is 1. The van der Waals surface area contributed by atoms with Gasteiger partial charge in [-0.15, -0.1) is 0 Å². The van der Waals surface area contributed by atoms with E-state index < -0.39 is 5.60 Å². The molecule has 0 aromatic heterocycles. The van der Waals surface area contributed by atoms with Crippen LogP contribution in [0.3, 0.4) is 0 Å². The Morgan fingerprint density at radius 1 is 1.46 bits per heavy atom. The van der Waals surface area contributed by atoms with Gasteiger partial charge >= 0.3 is 0 Å². The predicted octanol–water partition coefficient (Wildman–Crippen LogP) is 3.07. The van der Waals surface area contributed by atoms with Crippen molar-refractivity contribution in [1.82, 2.24) is 0 Å². The third-order valence-corrected chi connectivity index (χ3v) is 3.23. The van der Waals surface area contributed by atoms with E-state index in [1.165, 1.54) is 0 Å². The average molecular weight is 241 g/mol. The third-order valence-electron chi connectivity index (χ3n) is 2.73. The number of hydrogen-bond acceptors (Lipinski definition) is 1. The Balaban J connectivity index is 2.26. The normalized spacial score (nSPS) is 32.7. The highest BCUT2D eigenvalue weighted by molar-refractivity contribution is 9.10. The van der Waals surface area contributed by atoms with E-state index in [0.29, 0.717) is 5.92 Å². The van der Waals surface area contributed by atoms with Gasteiger partial charge in [-0.25, -0.2) is 0 Å². The molecule has 1 aromatic carbocycles. The molecule has 1 nitrogen and oxygen atoms in total. The van der Waals surface area contributed by atoms with Crippen LogP contribution in [0.15, 0.2) is 28.7 Å². The van der Waals surface area contributed by atoms with Crippen LogP contribution in [0, 0.1) is 5.92 Å². The largest absolute Gasteiger partial charge is 0.385 e. The van der Waals surface area contributed by atoms with Crippen molar-refractivity contribution in [3.05, 3.63) is 34.3 Å². The SMILES string of the molecule is CC1CC(O)(c2cccc(Br)c2)C1. The molecule has 0 bridgehead atoms. The van der Waals surface area contributed by atoms with E-state index in [1.807, 2.05) is 24.3 Å². The van der Waals surface area contributed by atoms with Crippen LogP contribution >= 0.6 is 15.9 Å². The van der Waals surface area contributed by atoms with E-state index in [4.69, 9.17) is 0 Å². The number of rotatable bonds is 1. The minimum Gasteiger partial charge on any atom is -0.385 e. The first-order valence-corrected chi connectivity index (χ1v) is 5.38. The van der Waals surface area contributed by atoms with Crippen LogP contribution in [-0.2, 0) is 5.60 Å². The zero-order valence-corrected chi connectivity index (χ0v) is 9.21. The number of benzene rings is 1. The molecule has 1 N–H and O–H groups in total. The fraction of sp³-hybridized carbons (Fsp3) is 0.455. The van der Waals surface area contributed by atoms with Crippen molar-refractivity contribution in [3.8, 4) is 0 Å². The maximum Gasteiger partial charge on any atom is 0.0902 e. The van der Waals surface area contributed by atoms with E-state index in [9.17, 15) is 5.11 Å². The minimum atomic E-state index is -0.552. The summed E-state index contributed by atoms with van der Waals surface area (Å²) in [6.45, 7) is 2.17. The smallest absolute Gasteiger partial charge is 0.0902 e. The van der Waals surface area contributed by atoms with Crippen molar-refractivity contribution in [1.29, 1.82) is 0 Å². The first kappa shape index (κ1) is 9.22. The summed E-state index contributed by atoms with van der Waals surface area (Å²) in [5.74, 6) is 0.656. The summed E-state index contributed by atoms with van der Waals surface area (Å²) in [5.41, 5.74) is 0.489. The zero-order valence-electron chi connectivity index (χ0n) is 7.63. The molecule has 70 valence electrons. The molecule has 0 amide bonds. The lowest BCUT2D eigenvalue weighted by molar-refractivity contribution is -0.0738. The molecule has 1 fully saturated rings. The summed E-state index contributed by atoms with van der Waals surface area (Å²) >= 11 is 3.41. The van der Waals surface area contributed by atoms with Gasteiger partial charge in [0.25, 0.3) is 0 Å². The van der Waals surface area contributed by atoms with Gasteiger partial charge in [0, 0.05) is 4.47 Å². The van der Waals surface area contributed by atoms with E-state index in [2.05, 4.69) is 22.9 Å². The van der Waals surface area contributed by atoms with Gasteiger partial charge in [0.15, 0.2) is 0 Å². The standard InChI is InChI=1S/C11H13BrO/c1-8-6-11(13,7-8)9-3-2-4-10(12)5-9/h2-5,8,13H,6-7H2,1H3. The quantitative estimate of drug-likeness (QED) is 0.801. The molecule has 13 heavy (non-hydrogen) atoms. The molecule has 0 unspecified atom stereocenters. The molecule has 0 atom stereocenters. The molecular weight excluding hydrogens is 228 g/mol. The average Bonchev–Trinajstić information content (AvgIpc) is 2.02. The molecule has 1 aliphatic carbocycles. The summed E-state index contributed by atoms with van der Waals surface area (Å²) < 4.78 is 1.04. The van der Waals surface area contributed by atoms with Crippen LogP contribution in [0.5, 0.6) is 0 Å². The molecule has 2 rings (SSSR count). The van der Waals surface area contributed by atoms with Crippen molar-refractivity contribution in [2.75, 3.05) is 0 Å². The van der Waals surface area contributed by atoms with Crippen molar-refractivity contribution < 1.29 is 5.11 Å². The fourth-order valence-corrected chi connectivity index (χ4v) is 2.51. The molecule has 1 saturated carbocycles. The molecule has 1 aromatic rings. The summed E-state index contributed by atoms with van der Waals surface area (Å²) in [4.78, 5) is 0. The van der Waals surface area contributed by atoms with Crippen LogP contribution in [0.25, 0.3) is 0 Å². The van der Waals surface area contributed by atoms with Crippen molar-refractivity contribution in [3.63, 3.8) is 0 Å². The van der Waals surface area contributed by atoms with Gasteiger partial charge < -0.3 is 5.11 Å². The molecule has 0 heterocycles. The minimum absolute atomic E-state index is 0.552. The van der Waals surface area contributed by atoms with Gasteiger partial charge in [-0.1, -0.05) is 35.0 Å². The van der Waals surface area contributed by atoms with Crippen LogP contribution < -0.4 is 0 Å². The lowest BCUT2D eigenvalue weighted by Crippen LogP contribution is -2.39. The monoisotopic (exact) mass is 240 g/mol. The summed E-state index contributed by atoms with van der Waals surface area (Å²) in [6.07, 6.45) is 1.78. The van der Waals surface area contributed by atoms with E-state index in [-0.39, 0.29) is 0 Å². The highest BCUT2D eigenvalue weighted by atomic mass is 79.9. The lowest BCUT2D eigenvalue weighted by Gasteiger charge is -2.42. The lowest BCUT2D eigenvalue weighted by atomic mass is 9.68. The summed E-state index contributed by atoms with van der Waals surface area (Å²) in [6, 6.07) is 7.96. The maximum absolute atomic E-state index is 10.2. The Kier molecular flexibility index (Phi) is 2.20. The van der Waals surface area contributed by atoms with E-state index >= 15 is 0 Å². The molecule has 0 spiro atoms. The van der Waals surface area contributed by atoms with Gasteiger partial charge in [-0.05, 0) is 36.5 Å². The predicted molar refractivity (Wildman–Crippen MR) is 56.4 cm³/mol. The Morgan fingerprint density at radius 3 is 2.69 bits per heavy atom. The Morgan fingerprint density at radius 2 is 2.15 bits per heavy atom. The second-order valence-corrected chi connectivity index (χ2v) is 4.97. The molecule has 0 saturated heterocycles. The summed E-state index contributed by atoms with van der Waals surface area (Å²) in [5, 5.41) is 10.2. The highest BCUT2D eigenvalue weighted by Crippen LogP contribution is 2.45. The Bertz CT molecular complexity index is 316. The van der Waals surface area contributed by atoms with Gasteiger partial charge in [-0.2, -0.15) is 0 Å². The van der Waals surface area contributed by atoms with Gasteiger partial charge in [-0.3, -0.25) is 0 Å². The zero-order chi connectivity index (χ0) is 9.47. The maximum atomic E-state index is 10.2. The van der Waals surface area contributed by atoms with Crippen LogP contribution in [0.4, 0.5) is 0 Å².